The first-order chi connectivity index (χ1) is 6.11. The monoisotopic (exact) mass is 182 g/mol. The molecule has 0 aromatic rings. The van der Waals surface area contributed by atoms with Crippen molar-refractivity contribution in [3.63, 3.8) is 0 Å². The van der Waals surface area contributed by atoms with Crippen LogP contribution in [0, 0.1) is 6.92 Å². The zero-order valence-corrected chi connectivity index (χ0v) is 7.58. The van der Waals surface area contributed by atoms with Crippen LogP contribution >= 0.6 is 0 Å². The molecule has 0 aliphatic carbocycles. The van der Waals surface area contributed by atoms with Gasteiger partial charge in [0.1, 0.15) is 0 Å². The van der Waals surface area contributed by atoms with Crippen LogP contribution < -0.4 is 0 Å². The number of ether oxygens (including phenoxy) is 1. The zero-order valence-electron chi connectivity index (χ0n) is 7.58. The molecule has 0 aliphatic heterocycles. The number of hydrogen-bond donors (Lipinski definition) is 0. The number of hydrogen-bond acceptors (Lipinski definition) is 4. The van der Waals surface area contributed by atoms with Crippen LogP contribution in [0.15, 0.2) is 17.1 Å². The summed E-state index contributed by atoms with van der Waals surface area (Å²) in [5.41, 5.74) is 0.273. The number of nitrogens with zero attached hydrogens (tertiary/aromatic N) is 1. The normalized spacial score (nSPS) is 11.2. The van der Waals surface area contributed by atoms with E-state index in [4.69, 9.17) is 4.74 Å². The van der Waals surface area contributed by atoms with Gasteiger partial charge < -0.3 is 4.74 Å². The van der Waals surface area contributed by atoms with Gasteiger partial charge in [-0.1, -0.05) is 13.5 Å². The first kappa shape index (κ1) is 11.6. The predicted octanol–water partition coefficient (Wildman–Crippen LogP) is 1.38. The Bertz CT molecular complexity index is 241. The summed E-state index contributed by atoms with van der Waals surface area (Å²) < 4.78 is 4.79. The molecule has 0 aromatic carbocycles. The van der Waals surface area contributed by atoms with E-state index >= 15 is 0 Å². The second-order valence-corrected chi connectivity index (χ2v) is 2.50. The van der Waals surface area contributed by atoms with Gasteiger partial charge >= 0.3 is 5.97 Å². The number of carbonyl (C=O) groups excluding carboxylic acids is 2. The van der Waals surface area contributed by atoms with Gasteiger partial charge in [0.15, 0.2) is 0 Å². The number of esters is 1. The van der Waals surface area contributed by atoms with E-state index in [1.54, 1.807) is 0 Å². The van der Waals surface area contributed by atoms with Gasteiger partial charge in [-0.2, -0.15) is 4.99 Å². The highest BCUT2D eigenvalue weighted by Crippen LogP contribution is 2.05. The summed E-state index contributed by atoms with van der Waals surface area (Å²) in [6.45, 7) is 8.48. The van der Waals surface area contributed by atoms with Crippen LogP contribution in [0.25, 0.3) is 0 Å². The molecule has 0 spiro atoms. The Morgan fingerprint density at radius 3 is 2.69 bits per heavy atom. The molecule has 0 aromatic heterocycles. The summed E-state index contributed by atoms with van der Waals surface area (Å²) in [7, 11) is 0. The molecule has 1 radical (unpaired) electrons. The third-order valence-corrected chi connectivity index (χ3v) is 1.24. The molecule has 0 fully saturated rings. The molecule has 0 bridgehead atoms. The van der Waals surface area contributed by atoms with Crippen LogP contribution in [0.5, 0.6) is 0 Å². The molecule has 4 heteroatoms. The molecule has 0 amide bonds. The fraction of sp³-hybridized carbons (Fsp3) is 0.444. The Morgan fingerprint density at radius 2 is 2.31 bits per heavy atom. The van der Waals surface area contributed by atoms with E-state index in [1.165, 1.54) is 13.0 Å². The Balaban J connectivity index is 4.16. The Labute approximate surface area is 77.3 Å². The number of aliphatic imine (C=N–C) groups is 1. The fourth-order valence-corrected chi connectivity index (χ4v) is 0.607. The average molecular weight is 182 g/mol. The molecule has 0 saturated heterocycles. The van der Waals surface area contributed by atoms with Crippen molar-refractivity contribution in [3.05, 3.63) is 19.1 Å². The van der Waals surface area contributed by atoms with Gasteiger partial charge in [0.05, 0.1) is 0 Å². The van der Waals surface area contributed by atoms with E-state index < -0.39 is 12.2 Å². The standard InChI is InChI=1S/C9H12NO3/c1-4-5-8(10-6-11)13-9(12)7(2)3/h8H,1-2,4-5H2,3H3. The summed E-state index contributed by atoms with van der Waals surface area (Å²) in [6.07, 6.45) is 1.50. The third-order valence-electron chi connectivity index (χ3n) is 1.24. The summed E-state index contributed by atoms with van der Waals surface area (Å²) in [5.74, 6) is -0.558. The second kappa shape index (κ2) is 6.14. The molecule has 0 N–H and O–H groups in total. The molecule has 4 nitrogen and oxygen atoms in total. The minimum absolute atomic E-state index is 0.273. The minimum Gasteiger partial charge on any atom is -0.436 e. The van der Waals surface area contributed by atoms with Crippen LogP contribution in [0.2, 0.25) is 0 Å². The summed E-state index contributed by atoms with van der Waals surface area (Å²) in [5, 5.41) is 0. The van der Waals surface area contributed by atoms with E-state index in [-0.39, 0.29) is 5.57 Å². The van der Waals surface area contributed by atoms with Crippen molar-refractivity contribution in [1.82, 2.24) is 0 Å². The quantitative estimate of drug-likeness (QED) is 0.279. The fourth-order valence-electron chi connectivity index (χ4n) is 0.607. The van der Waals surface area contributed by atoms with Crippen LogP contribution in [-0.2, 0) is 14.3 Å². The van der Waals surface area contributed by atoms with Crippen LogP contribution in [0.3, 0.4) is 0 Å². The van der Waals surface area contributed by atoms with Crippen molar-refractivity contribution in [2.75, 3.05) is 0 Å². The van der Waals surface area contributed by atoms with E-state index in [0.717, 1.165) is 0 Å². The van der Waals surface area contributed by atoms with Crippen LogP contribution in [-0.4, -0.2) is 18.3 Å². The Morgan fingerprint density at radius 1 is 1.69 bits per heavy atom. The average Bonchev–Trinajstić information content (AvgIpc) is 2.05. The predicted molar refractivity (Wildman–Crippen MR) is 47.4 cm³/mol. The molecular formula is C9H12NO3. The summed E-state index contributed by atoms with van der Waals surface area (Å²) >= 11 is 0. The van der Waals surface area contributed by atoms with Gasteiger partial charge in [0.2, 0.25) is 12.3 Å². The highest BCUT2D eigenvalue weighted by Gasteiger charge is 2.12. The van der Waals surface area contributed by atoms with Gasteiger partial charge in [-0.25, -0.2) is 9.59 Å². The SMILES string of the molecule is [CH2]CCC(N=C=O)OC(=O)C(=C)C. The maximum Gasteiger partial charge on any atom is 0.335 e. The molecule has 0 aliphatic rings. The van der Waals surface area contributed by atoms with E-state index in [9.17, 15) is 9.59 Å². The highest BCUT2D eigenvalue weighted by molar-refractivity contribution is 5.87. The van der Waals surface area contributed by atoms with Gasteiger partial charge in [0.25, 0.3) is 0 Å². The van der Waals surface area contributed by atoms with Crippen LogP contribution in [0.4, 0.5) is 0 Å². The molecule has 1 atom stereocenters. The number of carbonyl (C=O) groups is 1. The van der Waals surface area contributed by atoms with Crippen molar-refractivity contribution < 1.29 is 14.3 Å². The maximum atomic E-state index is 11.0. The number of isocyanates is 1. The number of rotatable bonds is 5. The summed E-state index contributed by atoms with van der Waals surface area (Å²) in [4.78, 5) is 24.2. The third kappa shape index (κ3) is 4.93. The van der Waals surface area contributed by atoms with Crippen molar-refractivity contribution in [3.8, 4) is 0 Å². The molecule has 13 heavy (non-hydrogen) atoms. The Hall–Kier alpha value is -1.41. The largest absolute Gasteiger partial charge is 0.436 e. The Kier molecular flexibility index (Phi) is 5.48. The minimum atomic E-state index is -0.779. The van der Waals surface area contributed by atoms with Crippen LogP contribution in [0.1, 0.15) is 19.8 Å². The lowest BCUT2D eigenvalue weighted by molar-refractivity contribution is -0.144. The van der Waals surface area contributed by atoms with Crippen molar-refractivity contribution in [2.45, 2.75) is 26.0 Å². The first-order valence-corrected chi connectivity index (χ1v) is 3.84. The molecule has 0 rings (SSSR count). The van der Waals surface area contributed by atoms with Gasteiger partial charge in [-0.05, 0) is 13.3 Å². The van der Waals surface area contributed by atoms with Gasteiger partial charge in [0, 0.05) is 12.0 Å². The van der Waals surface area contributed by atoms with Crippen molar-refractivity contribution in [2.24, 2.45) is 4.99 Å². The molecule has 71 valence electrons. The lowest BCUT2D eigenvalue weighted by Crippen LogP contribution is -2.16. The highest BCUT2D eigenvalue weighted by atomic mass is 16.6. The molecular weight excluding hydrogens is 170 g/mol. The van der Waals surface area contributed by atoms with E-state index in [1.807, 2.05) is 0 Å². The molecule has 0 saturated carbocycles. The second-order valence-electron chi connectivity index (χ2n) is 2.50. The van der Waals surface area contributed by atoms with Crippen molar-refractivity contribution in [1.29, 1.82) is 0 Å². The lowest BCUT2D eigenvalue weighted by atomic mass is 10.3. The smallest absolute Gasteiger partial charge is 0.335 e. The zero-order chi connectivity index (χ0) is 10.3. The molecule has 0 heterocycles. The first-order valence-electron chi connectivity index (χ1n) is 3.84. The summed E-state index contributed by atoms with van der Waals surface area (Å²) in [6, 6.07) is 0. The van der Waals surface area contributed by atoms with Gasteiger partial charge in [-0.3, -0.25) is 0 Å². The molecule has 1 unspecified atom stereocenters. The topological polar surface area (TPSA) is 55.7 Å². The lowest BCUT2D eigenvalue weighted by Gasteiger charge is -2.10. The van der Waals surface area contributed by atoms with E-state index in [2.05, 4.69) is 18.5 Å². The maximum absolute atomic E-state index is 11.0. The van der Waals surface area contributed by atoms with Gasteiger partial charge in [-0.15, -0.1) is 0 Å². The van der Waals surface area contributed by atoms with Crippen molar-refractivity contribution >= 4 is 12.0 Å². The van der Waals surface area contributed by atoms with E-state index in [0.29, 0.717) is 12.8 Å².